The van der Waals surface area contributed by atoms with E-state index in [2.05, 4.69) is 5.32 Å². The van der Waals surface area contributed by atoms with Crippen molar-refractivity contribution in [2.75, 3.05) is 23.9 Å². The predicted molar refractivity (Wildman–Crippen MR) is 175 cm³/mol. The number of halogens is 1. The molecular formula is C34H40ClN3O6S. The monoisotopic (exact) mass is 653 g/mol. The molecule has 1 atom stereocenters. The molecule has 1 fully saturated rings. The third kappa shape index (κ3) is 8.70. The Bertz CT molecular complexity index is 1580. The van der Waals surface area contributed by atoms with Crippen LogP contribution in [0.4, 0.5) is 5.69 Å². The van der Waals surface area contributed by atoms with E-state index in [9.17, 15) is 18.0 Å². The second kappa shape index (κ2) is 15.0. The van der Waals surface area contributed by atoms with E-state index in [0.717, 1.165) is 49.5 Å². The van der Waals surface area contributed by atoms with Gasteiger partial charge in [0.05, 0.1) is 11.9 Å². The van der Waals surface area contributed by atoms with Gasteiger partial charge in [-0.15, -0.1) is 0 Å². The van der Waals surface area contributed by atoms with Gasteiger partial charge >= 0.3 is 0 Å². The molecule has 0 spiro atoms. The third-order valence-corrected chi connectivity index (χ3v) is 9.88. The largest absolute Gasteiger partial charge is 0.454 e. The van der Waals surface area contributed by atoms with Crippen molar-refractivity contribution in [2.45, 2.75) is 70.0 Å². The smallest absolute Gasteiger partial charge is 0.243 e. The quantitative estimate of drug-likeness (QED) is 0.254. The number of fused-ring (bicyclic) bond motifs is 1. The number of rotatable bonds is 13. The Morgan fingerprint density at radius 3 is 2.40 bits per heavy atom. The number of benzene rings is 3. The number of nitrogens with zero attached hydrogens (tertiary/aromatic N) is 2. The molecule has 0 bridgehead atoms. The molecule has 11 heteroatoms. The van der Waals surface area contributed by atoms with Crippen molar-refractivity contribution in [3.63, 3.8) is 0 Å². The zero-order chi connectivity index (χ0) is 31.8. The van der Waals surface area contributed by atoms with Crippen LogP contribution >= 0.6 is 11.6 Å². The van der Waals surface area contributed by atoms with Gasteiger partial charge in [-0.3, -0.25) is 13.9 Å². The number of amides is 2. The van der Waals surface area contributed by atoms with Gasteiger partial charge in [0.2, 0.25) is 28.6 Å². The molecule has 0 saturated heterocycles. The van der Waals surface area contributed by atoms with Crippen LogP contribution in [-0.4, -0.2) is 56.8 Å². The molecule has 3 aromatic carbocycles. The van der Waals surface area contributed by atoms with Gasteiger partial charge in [0.15, 0.2) is 11.5 Å². The van der Waals surface area contributed by atoms with Crippen LogP contribution in [0.5, 0.6) is 11.5 Å². The molecule has 1 saturated carbocycles. The summed E-state index contributed by atoms with van der Waals surface area (Å²) in [6.07, 6.45) is 6.87. The van der Waals surface area contributed by atoms with Crippen molar-refractivity contribution in [1.29, 1.82) is 0 Å². The number of hydrogen-bond acceptors (Lipinski definition) is 6. The molecule has 9 nitrogen and oxygen atoms in total. The minimum Gasteiger partial charge on any atom is -0.454 e. The number of ether oxygens (including phenoxy) is 2. The number of sulfonamides is 1. The second-order valence-electron chi connectivity index (χ2n) is 11.6. The van der Waals surface area contributed by atoms with Crippen LogP contribution in [0.3, 0.4) is 0 Å². The van der Waals surface area contributed by atoms with Crippen LogP contribution in [0.15, 0.2) is 72.8 Å². The fourth-order valence-electron chi connectivity index (χ4n) is 5.95. The van der Waals surface area contributed by atoms with Crippen molar-refractivity contribution in [3.8, 4) is 11.5 Å². The maximum Gasteiger partial charge on any atom is 0.243 e. The van der Waals surface area contributed by atoms with Gasteiger partial charge in [0.1, 0.15) is 6.04 Å². The van der Waals surface area contributed by atoms with Crippen LogP contribution < -0.4 is 19.1 Å². The first-order valence-electron chi connectivity index (χ1n) is 15.4. The SMILES string of the molecule is CS(=O)(=O)N(CCCC(=O)N(Cc1ccccc1Cl)C(Cc1ccccc1)C(=O)NC1CCCCC1)c1ccc2c(c1)OCO2. The Hall–Kier alpha value is -3.76. The highest BCUT2D eigenvalue weighted by Gasteiger charge is 2.32. The van der Waals surface area contributed by atoms with Crippen LogP contribution in [-0.2, 0) is 32.6 Å². The normalized spacial score (nSPS) is 15.3. The molecule has 1 aliphatic carbocycles. The summed E-state index contributed by atoms with van der Waals surface area (Å²) in [6.45, 7) is 0.291. The molecule has 1 aliphatic heterocycles. The van der Waals surface area contributed by atoms with E-state index >= 15 is 0 Å². The van der Waals surface area contributed by atoms with Gasteiger partial charge in [-0.1, -0.05) is 79.4 Å². The van der Waals surface area contributed by atoms with Crippen molar-refractivity contribution in [1.82, 2.24) is 10.2 Å². The fourth-order valence-corrected chi connectivity index (χ4v) is 7.11. The van der Waals surface area contributed by atoms with Crippen LogP contribution in [0.2, 0.25) is 5.02 Å². The maximum atomic E-state index is 14.1. The van der Waals surface area contributed by atoms with Crippen LogP contribution in [0.25, 0.3) is 0 Å². The number of carbonyl (C=O) groups is 2. The highest BCUT2D eigenvalue weighted by molar-refractivity contribution is 7.92. The average Bonchev–Trinajstić information content (AvgIpc) is 3.50. The Morgan fingerprint density at radius 1 is 0.956 bits per heavy atom. The minimum atomic E-state index is -3.66. The maximum absolute atomic E-state index is 14.1. The van der Waals surface area contributed by atoms with Gasteiger partial charge < -0.3 is 19.7 Å². The van der Waals surface area contributed by atoms with Gasteiger partial charge in [-0.2, -0.15) is 0 Å². The second-order valence-corrected chi connectivity index (χ2v) is 14.0. The van der Waals surface area contributed by atoms with Crippen molar-refractivity contribution in [3.05, 3.63) is 88.9 Å². The minimum absolute atomic E-state index is 0.0308. The summed E-state index contributed by atoms with van der Waals surface area (Å²) in [5, 5.41) is 3.74. The summed E-state index contributed by atoms with van der Waals surface area (Å²) >= 11 is 6.55. The van der Waals surface area contributed by atoms with E-state index < -0.39 is 16.1 Å². The first kappa shape index (κ1) is 32.6. The topological polar surface area (TPSA) is 105 Å². The molecule has 0 radical (unpaired) electrons. The summed E-state index contributed by atoms with van der Waals surface area (Å²) < 4.78 is 37.7. The third-order valence-electron chi connectivity index (χ3n) is 8.32. The van der Waals surface area contributed by atoms with E-state index in [1.807, 2.05) is 48.5 Å². The Balaban J connectivity index is 1.38. The van der Waals surface area contributed by atoms with Crippen LogP contribution in [0.1, 0.15) is 56.1 Å². The lowest BCUT2D eigenvalue weighted by Crippen LogP contribution is -2.53. The van der Waals surface area contributed by atoms with E-state index in [0.29, 0.717) is 28.6 Å². The lowest BCUT2D eigenvalue weighted by molar-refractivity contribution is -0.141. The first-order valence-corrected chi connectivity index (χ1v) is 17.7. The highest BCUT2D eigenvalue weighted by Crippen LogP contribution is 2.36. The summed E-state index contributed by atoms with van der Waals surface area (Å²) in [6, 6.07) is 21.2. The van der Waals surface area contributed by atoms with Crippen molar-refractivity contribution >= 4 is 39.1 Å². The zero-order valence-corrected chi connectivity index (χ0v) is 27.1. The summed E-state index contributed by atoms with van der Waals surface area (Å²) in [5.74, 6) is 0.572. The molecule has 5 rings (SSSR count). The molecule has 1 unspecified atom stereocenters. The number of nitrogens with one attached hydrogen (secondary N) is 1. The number of carbonyl (C=O) groups excluding carboxylic acids is 2. The fraction of sp³-hybridized carbons (Fsp3) is 0.412. The van der Waals surface area contributed by atoms with Gasteiger partial charge in [-0.25, -0.2) is 8.42 Å². The highest BCUT2D eigenvalue weighted by atomic mass is 35.5. The van der Waals surface area contributed by atoms with E-state index in [-0.39, 0.29) is 50.6 Å². The van der Waals surface area contributed by atoms with E-state index in [1.54, 1.807) is 29.2 Å². The molecule has 45 heavy (non-hydrogen) atoms. The molecule has 1 N–H and O–H groups in total. The van der Waals surface area contributed by atoms with Gasteiger partial charge in [0.25, 0.3) is 0 Å². The standard InChI is InChI=1S/C34H40ClN3O6S/c1-45(41,42)38(28-18-19-31-32(22-28)44-24-43-31)20-10-17-33(39)37(23-26-13-8-9-16-29(26)35)30(21-25-11-4-2-5-12-25)34(40)36-27-14-6-3-7-15-27/h2,4-5,8-9,11-13,16,18-19,22,27,30H,3,6-7,10,14-15,17,20-21,23-24H2,1H3,(H,36,40). The number of hydrogen-bond donors (Lipinski definition) is 1. The molecule has 0 aromatic heterocycles. The summed E-state index contributed by atoms with van der Waals surface area (Å²) in [4.78, 5) is 29.7. The molecule has 2 aliphatic rings. The Labute approximate surface area is 270 Å². The average molecular weight is 654 g/mol. The van der Waals surface area contributed by atoms with Crippen molar-refractivity contribution in [2.24, 2.45) is 0 Å². The van der Waals surface area contributed by atoms with Gasteiger partial charge in [0, 0.05) is 43.1 Å². The van der Waals surface area contributed by atoms with Crippen molar-refractivity contribution < 1.29 is 27.5 Å². The summed E-state index contributed by atoms with van der Waals surface area (Å²) in [7, 11) is -3.66. The Kier molecular flexibility index (Phi) is 10.9. The van der Waals surface area contributed by atoms with Gasteiger partial charge in [-0.05, 0) is 48.6 Å². The molecular weight excluding hydrogens is 614 g/mol. The lowest BCUT2D eigenvalue weighted by Gasteiger charge is -2.34. The summed E-state index contributed by atoms with van der Waals surface area (Å²) in [5.41, 5.74) is 2.09. The van der Waals surface area contributed by atoms with E-state index in [4.69, 9.17) is 21.1 Å². The van der Waals surface area contributed by atoms with Crippen LogP contribution in [0, 0.1) is 0 Å². The molecule has 3 aromatic rings. The molecule has 2 amide bonds. The Morgan fingerprint density at radius 2 is 1.67 bits per heavy atom. The first-order chi connectivity index (χ1) is 21.7. The lowest BCUT2D eigenvalue weighted by atomic mass is 9.94. The predicted octanol–water partition coefficient (Wildman–Crippen LogP) is 5.70. The molecule has 240 valence electrons. The zero-order valence-electron chi connectivity index (χ0n) is 25.5. The molecule has 1 heterocycles. The number of anilines is 1. The van der Waals surface area contributed by atoms with E-state index in [1.165, 1.54) is 4.31 Å².